The predicted molar refractivity (Wildman–Crippen MR) is 80.7 cm³/mol. The van der Waals surface area contributed by atoms with Crippen LogP contribution >= 0.6 is 0 Å². The number of allylic oxidation sites excluding steroid dienone is 1. The molecular weight excluding hydrogens is 244 g/mol. The quantitative estimate of drug-likeness (QED) is 0.476. The van der Waals surface area contributed by atoms with Gasteiger partial charge in [0, 0.05) is 0 Å². The molecule has 0 aromatic heterocycles. The number of benzene rings is 3. The molecule has 0 radical (unpaired) electrons. The molecule has 0 atom stereocenters. The second-order valence-electron chi connectivity index (χ2n) is 4.51. The summed E-state index contributed by atoms with van der Waals surface area (Å²) >= 11 is 0. The molecule has 2 heteroatoms. The van der Waals surface area contributed by atoms with Crippen molar-refractivity contribution < 1.29 is 0 Å². The minimum atomic E-state index is 0.116. The van der Waals surface area contributed by atoms with Crippen molar-refractivity contribution in [3.05, 3.63) is 65.7 Å². The zero-order valence-electron chi connectivity index (χ0n) is 10.7. The molecule has 3 aromatic carbocycles. The van der Waals surface area contributed by atoms with Gasteiger partial charge in [-0.15, -0.1) is 0 Å². The molecule has 0 amide bonds. The minimum Gasteiger partial charge on any atom is -0.192 e. The first-order chi connectivity index (χ1) is 9.83. The molecule has 0 unspecified atom stereocenters. The highest BCUT2D eigenvalue weighted by molar-refractivity contribution is 6.11. The van der Waals surface area contributed by atoms with E-state index in [1.165, 1.54) is 0 Å². The van der Waals surface area contributed by atoms with Gasteiger partial charge >= 0.3 is 0 Å². The van der Waals surface area contributed by atoms with Gasteiger partial charge in [-0.2, -0.15) is 10.5 Å². The van der Waals surface area contributed by atoms with Crippen LogP contribution in [-0.4, -0.2) is 0 Å². The molecule has 3 aromatic rings. The number of nitrogens with zero attached hydrogens (tertiary/aromatic N) is 2. The van der Waals surface area contributed by atoms with E-state index in [0.717, 1.165) is 27.1 Å². The average Bonchev–Trinajstić information content (AvgIpc) is 2.52. The SMILES string of the molecule is N#CC(C#N)=Cc1cccc2ccc3ccccc3c12. The molecule has 0 aliphatic rings. The van der Waals surface area contributed by atoms with Crippen LogP contribution in [0.15, 0.2) is 60.2 Å². The Balaban J connectivity index is 2.45. The van der Waals surface area contributed by atoms with Crippen molar-refractivity contribution in [3.8, 4) is 12.1 Å². The molecule has 0 aliphatic carbocycles. The summed E-state index contributed by atoms with van der Waals surface area (Å²) in [5.74, 6) is 0. The van der Waals surface area contributed by atoms with Crippen molar-refractivity contribution in [3.63, 3.8) is 0 Å². The summed E-state index contributed by atoms with van der Waals surface area (Å²) in [5, 5.41) is 22.3. The maximum Gasteiger partial charge on any atom is 0.130 e. The molecule has 92 valence electrons. The zero-order valence-corrected chi connectivity index (χ0v) is 10.7. The van der Waals surface area contributed by atoms with Gasteiger partial charge in [-0.25, -0.2) is 0 Å². The Labute approximate surface area is 116 Å². The van der Waals surface area contributed by atoms with Crippen LogP contribution in [0.25, 0.3) is 27.6 Å². The molecule has 0 fully saturated rings. The summed E-state index contributed by atoms with van der Waals surface area (Å²) in [5.41, 5.74) is 1.02. The third kappa shape index (κ3) is 1.90. The lowest BCUT2D eigenvalue weighted by atomic mass is 9.97. The van der Waals surface area contributed by atoms with Crippen molar-refractivity contribution in [1.82, 2.24) is 0 Å². The van der Waals surface area contributed by atoms with E-state index in [1.54, 1.807) is 6.08 Å². The molecule has 0 spiro atoms. The second-order valence-corrected chi connectivity index (χ2v) is 4.51. The summed E-state index contributed by atoms with van der Waals surface area (Å²) < 4.78 is 0. The maximum absolute atomic E-state index is 8.93. The number of hydrogen-bond donors (Lipinski definition) is 0. The van der Waals surface area contributed by atoms with Crippen molar-refractivity contribution in [2.45, 2.75) is 0 Å². The van der Waals surface area contributed by atoms with E-state index in [4.69, 9.17) is 10.5 Å². The van der Waals surface area contributed by atoms with E-state index >= 15 is 0 Å². The molecule has 0 bridgehead atoms. The molecule has 3 rings (SSSR count). The molecule has 2 nitrogen and oxygen atoms in total. The Morgan fingerprint density at radius 2 is 1.50 bits per heavy atom. The zero-order chi connectivity index (χ0) is 13.9. The highest BCUT2D eigenvalue weighted by Crippen LogP contribution is 2.29. The van der Waals surface area contributed by atoms with E-state index in [0.29, 0.717) is 0 Å². The first-order valence-electron chi connectivity index (χ1n) is 6.26. The van der Waals surface area contributed by atoms with Gasteiger partial charge in [0.05, 0.1) is 0 Å². The van der Waals surface area contributed by atoms with E-state index in [-0.39, 0.29) is 5.57 Å². The van der Waals surface area contributed by atoms with Crippen LogP contribution in [0, 0.1) is 22.7 Å². The first-order valence-corrected chi connectivity index (χ1v) is 6.26. The van der Waals surface area contributed by atoms with Gasteiger partial charge in [0.15, 0.2) is 0 Å². The Kier molecular flexibility index (Phi) is 2.92. The van der Waals surface area contributed by atoms with Crippen LogP contribution in [0.1, 0.15) is 5.56 Å². The molecule has 20 heavy (non-hydrogen) atoms. The van der Waals surface area contributed by atoms with Crippen molar-refractivity contribution >= 4 is 27.6 Å². The topological polar surface area (TPSA) is 47.6 Å². The summed E-state index contributed by atoms with van der Waals surface area (Å²) in [6.07, 6.45) is 1.65. The smallest absolute Gasteiger partial charge is 0.130 e. The second kappa shape index (κ2) is 4.88. The van der Waals surface area contributed by atoms with Gasteiger partial charge in [-0.05, 0) is 33.2 Å². The number of rotatable bonds is 1. The fourth-order valence-corrected chi connectivity index (χ4v) is 2.45. The molecule has 0 saturated carbocycles. The van der Waals surface area contributed by atoms with E-state index in [9.17, 15) is 0 Å². The van der Waals surface area contributed by atoms with E-state index in [1.807, 2.05) is 42.5 Å². The maximum atomic E-state index is 8.93. The lowest BCUT2D eigenvalue weighted by Gasteiger charge is -2.07. The Hall–Kier alpha value is -3.10. The van der Waals surface area contributed by atoms with Gasteiger partial charge in [0.2, 0.25) is 0 Å². The average molecular weight is 254 g/mol. The largest absolute Gasteiger partial charge is 0.192 e. The number of nitriles is 2. The third-order valence-electron chi connectivity index (χ3n) is 3.34. The van der Waals surface area contributed by atoms with Gasteiger partial charge in [0.1, 0.15) is 17.7 Å². The summed E-state index contributed by atoms with van der Waals surface area (Å²) in [7, 11) is 0. The minimum absolute atomic E-state index is 0.116. The van der Waals surface area contributed by atoms with Gasteiger partial charge in [-0.1, -0.05) is 54.6 Å². The number of fused-ring (bicyclic) bond motifs is 3. The fraction of sp³-hybridized carbons (Fsp3) is 0. The van der Waals surface area contributed by atoms with Gasteiger partial charge in [0.25, 0.3) is 0 Å². The normalized spacial score (nSPS) is 9.90. The monoisotopic (exact) mass is 254 g/mol. The van der Waals surface area contributed by atoms with Crippen LogP contribution in [0.5, 0.6) is 0 Å². The van der Waals surface area contributed by atoms with Gasteiger partial charge < -0.3 is 0 Å². The molecular formula is C18H10N2. The van der Waals surface area contributed by atoms with E-state index < -0.39 is 0 Å². The molecule has 0 aliphatic heterocycles. The first kappa shape index (κ1) is 12.0. The van der Waals surface area contributed by atoms with Gasteiger partial charge in [-0.3, -0.25) is 0 Å². The van der Waals surface area contributed by atoms with Crippen LogP contribution in [0.3, 0.4) is 0 Å². The summed E-state index contributed by atoms with van der Waals surface area (Å²) in [6, 6.07) is 22.0. The molecule has 0 saturated heterocycles. The lowest BCUT2D eigenvalue weighted by molar-refractivity contribution is 1.47. The Bertz CT molecular complexity index is 905. The Morgan fingerprint density at radius 1 is 0.800 bits per heavy atom. The lowest BCUT2D eigenvalue weighted by Crippen LogP contribution is -1.83. The summed E-state index contributed by atoms with van der Waals surface area (Å²) in [6.45, 7) is 0. The fourth-order valence-electron chi connectivity index (χ4n) is 2.45. The Morgan fingerprint density at radius 3 is 2.30 bits per heavy atom. The van der Waals surface area contributed by atoms with Crippen molar-refractivity contribution in [2.24, 2.45) is 0 Å². The van der Waals surface area contributed by atoms with Crippen LogP contribution in [0.4, 0.5) is 0 Å². The molecule has 0 N–H and O–H groups in total. The highest BCUT2D eigenvalue weighted by Gasteiger charge is 2.05. The highest BCUT2D eigenvalue weighted by atomic mass is 14.3. The molecule has 0 heterocycles. The van der Waals surface area contributed by atoms with Crippen molar-refractivity contribution in [1.29, 1.82) is 10.5 Å². The summed E-state index contributed by atoms with van der Waals surface area (Å²) in [4.78, 5) is 0. The van der Waals surface area contributed by atoms with Crippen LogP contribution in [-0.2, 0) is 0 Å². The standard InChI is InChI=1S/C18H10N2/c19-11-13(12-20)10-16-6-3-5-15-9-8-14-4-1-2-7-17(14)18(15)16/h1-10H. The van der Waals surface area contributed by atoms with Crippen molar-refractivity contribution in [2.75, 3.05) is 0 Å². The number of hydrogen-bond acceptors (Lipinski definition) is 2. The predicted octanol–water partition coefficient (Wildman–Crippen LogP) is 4.42. The third-order valence-corrected chi connectivity index (χ3v) is 3.34. The van der Waals surface area contributed by atoms with Crippen LogP contribution < -0.4 is 0 Å². The van der Waals surface area contributed by atoms with E-state index in [2.05, 4.69) is 24.3 Å². The van der Waals surface area contributed by atoms with Crippen LogP contribution in [0.2, 0.25) is 0 Å².